The summed E-state index contributed by atoms with van der Waals surface area (Å²) >= 11 is 0. The molecular formula is C12H17FN4O2. The van der Waals surface area contributed by atoms with Gasteiger partial charge in [0.25, 0.3) is 5.69 Å². The lowest BCUT2D eigenvalue weighted by Gasteiger charge is -2.41. The zero-order valence-corrected chi connectivity index (χ0v) is 10.8. The van der Waals surface area contributed by atoms with Crippen LogP contribution in [0.2, 0.25) is 0 Å². The Labute approximate surface area is 110 Å². The molecule has 2 N–H and O–H groups in total. The SMILES string of the molecule is CN1CCN(c2ccc([N+](=O)[O-])cc2F)C(CN)C1. The van der Waals surface area contributed by atoms with Crippen molar-refractivity contribution in [3.8, 4) is 0 Å². The molecular weight excluding hydrogens is 251 g/mol. The van der Waals surface area contributed by atoms with Crippen molar-refractivity contribution in [2.75, 3.05) is 38.1 Å². The molecule has 1 aromatic rings. The molecule has 1 fully saturated rings. The van der Waals surface area contributed by atoms with Crippen molar-refractivity contribution in [3.05, 3.63) is 34.1 Å². The predicted octanol–water partition coefficient (Wildman–Crippen LogP) is 0.813. The van der Waals surface area contributed by atoms with Crippen molar-refractivity contribution in [1.82, 2.24) is 4.90 Å². The lowest BCUT2D eigenvalue weighted by molar-refractivity contribution is -0.385. The zero-order valence-electron chi connectivity index (χ0n) is 10.8. The molecule has 1 atom stereocenters. The molecule has 1 heterocycles. The van der Waals surface area contributed by atoms with Gasteiger partial charge in [0.1, 0.15) is 0 Å². The van der Waals surface area contributed by atoms with Gasteiger partial charge in [0.05, 0.1) is 22.7 Å². The Hall–Kier alpha value is -1.73. The van der Waals surface area contributed by atoms with E-state index in [0.29, 0.717) is 18.8 Å². The molecule has 0 bridgehead atoms. The highest BCUT2D eigenvalue weighted by atomic mass is 19.1. The van der Waals surface area contributed by atoms with Gasteiger partial charge in [-0.1, -0.05) is 0 Å². The lowest BCUT2D eigenvalue weighted by atomic mass is 10.1. The molecule has 7 heteroatoms. The second-order valence-electron chi connectivity index (χ2n) is 4.74. The van der Waals surface area contributed by atoms with Crippen LogP contribution in [-0.2, 0) is 0 Å². The van der Waals surface area contributed by atoms with E-state index in [9.17, 15) is 14.5 Å². The fourth-order valence-corrected chi connectivity index (χ4v) is 2.37. The van der Waals surface area contributed by atoms with E-state index in [1.54, 1.807) is 0 Å². The molecule has 1 saturated heterocycles. The highest BCUT2D eigenvalue weighted by molar-refractivity contribution is 5.53. The Morgan fingerprint density at radius 2 is 2.26 bits per heavy atom. The van der Waals surface area contributed by atoms with E-state index in [1.165, 1.54) is 12.1 Å². The molecule has 0 aliphatic carbocycles. The van der Waals surface area contributed by atoms with Gasteiger partial charge in [-0.15, -0.1) is 0 Å². The van der Waals surface area contributed by atoms with Gasteiger partial charge in [0, 0.05) is 32.2 Å². The third-order valence-electron chi connectivity index (χ3n) is 3.41. The number of nitrogens with zero attached hydrogens (tertiary/aromatic N) is 3. The summed E-state index contributed by atoms with van der Waals surface area (Å²) in [6.07, 6.45) is 0. The standard InChI is InChI=1S/C12H17FN4O2/c1-15-4-5-16(10(7-14)8-15)12-3-2-9(17(18)19)6-11(12)13/h2-3,6,10H,4-5,7-8,14H2,1H3. The van der Waals surface area contributed by atoms with Crippen LogP contribution in [-0.4, -0.2) is 49.1 Å². The second-order valence-corrected chi connectivity index (χ2v) is 4.74. The number of hydrogen-bond acceptors (Lipinski definition) is 5. The Morgan fingerprint density at radius 1 is 1.53 bits per heavy atom. The van der Waals surface area contributed by atoms with Crippen LogP contribution >= 0.6 is 0 Å². The molecule has 1 aromatic carbocycles. The number of non-ortho nitro benzene ring substituents is 1. The number of nitro groups is 1. The first-order valence-corrected chi connectivity index (χ1v) is 6.12. The number of rotatable bonds is 3. The van der Waals surface area contributed by atoms with Gasteiger partial charge in [0.15, 0.2) is 5.82 Å². The Balaban J connectivity index is 2.28. The second kappa shape index (κ2) is 5.50. The summed E-state index contributed by atoms with van der Waals surface area (Å²) in [7, 11) is 1.99. The first-order chi connectivity index (χ1) is 9.02. The predicted molar refractivity (Wildman–Crippen MR) is 70.7 cm³/mol. The number of anilines is 1. The fourth-order valence-electron chi connectivity index (χ4n) is 2.37. The molecule has 0 spiro atoms. The van der Waals surface area contributed by atoms with E-state index in [1.807, 2.05) is 11.9 Å². The van der Waals surface area contributed by atoms with Crippen LogP contribution in [0.3, 0.4) is 0 Å². The van der Waals surface area contributed by atoms with Crippen LogP contribution in [0, 0.1) is 15.9 Å². The first-order valence-electron chi connectivity index (χ1n) is 6.12. The molecule has 0 amide bonds. The number of likely N-dealkylation sites (N-methyl/N-ethyl adjacent to an activating group) is 1. The smallest absolute Gasteiger partial charge is 0.272 e. The summed E-state index contributed by atoms with van der Waals surface area (Å²) in [4.78, 5) is 14.0. The van der Waals surface area contributed by atoms with Crippen molar-refractivity contribution in [2.24, 2.45) is 5.73 Å². The van der Waals surface area contributed by atoms with Crippen LogP contribution in [0.5, 0.6) is 0 Å². The van der Waals surface area contributed by atoms with Crippen molar-refractivity contribution in [3.63, 3.8) is 0 Å². The fraction of sp³-hybridized carbons (Fsp3) is 0.500. The maximum atomic E-state index is 14.0. The summed E-state index contributed by atoms with van der Waals surface area (Å²) in [5.74, 6) is -0.572. The summed E-state index contributed by atoms with van der Waals surface area (Å²) in [5.41, 5.74) is 5.87. The van der Waals surface area contributed by atoms with Gasteiger partial charge in [-0.05, 0) is 13.1 Å². The van der Waals surface area contributed by atoms with Crippen molar-refractivity contribution in [2.45, 2.75) is 6.04 Å². The van der Waals surface area contributed by atoms with E-state index in [2.05, 4.69) is 4.90 Å². The topological polar surface area (TPSA) is 75.6 Å². The van der Waals surface area contributed by atoms with E-state index in [4.69, 9.17) is 5.73 Å². The number of nitro benzene ring substituents is 1. The number of benzene rings is 1. The minimum absolute atomic E-state index is 0.0229. The third kappa shape index (κ3) is 2.82. The molecule has 1 unspecified atom stereocenters. The van der Waals surface area contributed by atoms with Gasteiger partial charge < -0.3 is 15.5 Å². The quantitative estimate of drug-likeness (QED) is 0.648. The van der Waals surface area contributed by atoms with Gasteiger partial charge >= 0.3 is 0 Å². The van der Waals surface area contributed by atoms with Crippen LogP contribution in [0.1, 0.15) is 0 Å². The maximum Gasteiger partial charge on any atom is 0.272 e. The average Bonchev–Trinajstić information content (AvgIpc) is 2.38. The van der Waals surface area contributed by atoms with Gasteiger partial charge in [0.2, 0.25) is 0 Å². The normalized spacial score (nSPS) is 20.6. The summed E-state index contributed by atoms with van der Waals surface area (Å²) in [5, 5.41) is 10.6. The van der Waals surface area contributed by atoms with E-state index < -0.39 is 10.7 Å². The minimum atomic E-state index is -0.600. The lowest BCUT2D eigenvalue weighted by Crippen LogP contribution is -2.55. The number of piperazine rings is 1. The Bertz CT molecular complexity index is 483. The monoisotopic (exact) mass is 268 g/mol. The molecule has 2 rings (SSSR count). The molecule has 0 radical (unpaired) electrons. The summed E-state index contributed by atoms with van der Waals surface area (Å²) < 4.78 is 14.0. The molecule has 1 aliphatic rings. The molecule has 1 aliphatic heterocycles. The molecule has 6 nitrogen and oxygen atoms in total. The molecule has 0 aromatic heterocycles. The van der Waals surface area contributed by atoms with Crippen molar-refractivity contribution >= 4 is 11.4 Å². The van der Waals surface area contributed by atoms with Crippen LogP contribution < -0.4 is 10.6 Å². The van der Waals surface area contributed by atoms with Gasteiger partial charge in [-0.3, -0.25) is 10.1 Å². The Kier molecular flexibility index (Phi) is 3.96. The highest BCUT2D eigenvalue weighted by Crippen LogP contribution is 2.26. The van der Waals surface area contributed by atoms with Gasteiger partial charge in [-0.2, -0.15) is 0 Å². The van der Waals surface area contributed by atoms with E-state index >= 15 is 0 Å². The minimum Gasteiger partial charge on any atom is -0.362 e. The Morgan fingerprint density at radius 3 is 2.84 bits per heavy atom. The first kappa shape index (κ1) is 13.7. The highest BCUT2D eigenvalue weighted by Gasteiger charge is 2.26. The van der Waals surface area contributed by atoms with E-state index in [-0.39, 0.29) is 11.7 Å². The van der Waals surface area contributed by atoms with Crippen molar-refractivity contribution in [1.29, 1.82) is 0 Å². The molecule has 0 saturated carbocycles. The van der Waals surface area contributed by atoms with E-state index in [0.717, 1.165) is 19.2 Å². The number of halogens is 1. The zero-order chi connectivity index (χ0) is 14.0. The van der Waals surface area contributed by atoms with Crippen LogP contribution in [0.15, 0.2) is 18.2 Å². The van der Waals surface area contributed by atoms with Crippen LogP contribution in [0.25, 0.3) is 0 Å². The summed E-state index contributed by atoms with van der Waals surface area (Å²) in [6.45, 7) is 2.65. The summed E-state index contributed by atoms with van der Waals surface area (Å²) in [6, 6.07) is 3.77. The van der Waals surface area contributed by atoms with Crippen LogP contribution in [0.4, 0.5) is 15.8 Å². The maximum absolute atomic E-state index is 14.0. The van der Waals surface area contributed by atoms with Gasteiger partial charge in [-0.25, -0.2) is 4.39 Å². The largest absolute Gasteiger partial charge is 0.362 e. The third-order valence-corrected chi connectivity index (χ3v) is 3.41. The molecule has 104 valence electrons. The van der Waals surface area contributed by atoms with Crippen molar-refractivity contribution < 1.29 is 9.31 Å². The number of hydrogen-bond donors (Lipinski definition) is 1. The average molecular weight is 268 g/mol. The number of nitrogens with two attached hydrogens (primary N) is 1. The molecule has 19 heavy (non-hydrogen) atoms.